The number of likely N-dealkylation sites (tertiary alicyclic amines) is 2. The lowest BCUT2D eigenvalue weighted by Gasteiger charge is -2.33. The van der Waals surface area contributed by atoms with Gasteiger partial charge in [0.05, 0.1) is 5.56 Å². The molecule has 2 atom stereocenters. The molecule has 2 aromatic heterocycles. The topological polar surface area (TPSA) is 75.4 Å². The van der Waals surface area contributed by atoms with E-state index in [0.29, 0.717) is 28.9 Å². The van der Waals surface area contributed by atoms with Gasteiger partial charge in [-0.1, -0.05) is 5.16 Å². The minimum absolute atomic E-state index is 0.0216. The minimum atomic E-state index is 0.0216. The van der Waals surface area contributed by atoms with E-state index in [1.54, 1.807) is 25.4 Å². The fourth-order valence-corrected chi connectivity index (χ4v) is 4.19. The van der Waals surface area contributed by atoms with Crippen molar-refractivity contribution in [2.45, 2.75) is 44.7 Å². The molecule has 0 spiro atoms. The van der Waals surface area contributed by atoms with Crippen LogP contribution in [0, 0.1) is 6.92 Å². The summed E-state index contributed by atoms with van der Waals surface area (Å²) in [5.74, 6) is 0.946. The number of amides is 1. The third-order valence-corrected chi connectivity index (χ3v) is 5.40. The van der Waals surface area contributed by atoms with E-state index in [1.165, 1.54) is 6.42 Å². The van der Waals surface area contributed by atoms with E-state index < -0.39 is 0 Å². The first kappa shape index (κ1) is 16.2. The molecule has 2 aliphatic rings. The van der Waals surface area contributed by atoms with Crippen LogP contribution in [0.15, 0.2) is 23.0 Å². The lowest BCUT2D eigenvalue weighted by molar-refractivity contribution is 0.0664. The number of carbonyl (C=O) groups is 1. The van der Waals surface area contributed by atoms with E-state index in [0.717, 1.165) is 32.4 Å². The molecule has 2 saturated heterocycles. The van der Waals surface area contributed by atoms with Crippen LogP contribution < -0.4 is 0 Å². The molecule has 4 heterocycles. The van der Waals surface area contributed by atoms with Crippen molar-refractivity contribution < 1.29 is 9.32 Å². The molecule has 4 rings (SSSR count). The second-order valence-corrected chi connectivity index (χ2v) is 6.96. The number of hydrogen-bond donors (Lipinski definition) is 0. The summed E-state index contributed by atoms with van der Waals surface area (Å²) in [5, 5.41) is 3.97. The summed E-state index contributed by atoms with van der Waals surface area (Å²) in [5.41, 5.74) is 1.23. The van der Waals surface area contributed by atoms with E-state index in [2.05, 4.69) is 27.1 Å². The molecule has 0 saturated carbocycles. The van der Waals surface area contributed by atoms with Crippen LogP contribution in [-0.4, -0.2) is 63.1 Å². The quantitative estimate of drug-likeness (QED) is 0.851. The van der Waals surface area contributed by atoms with Crippen LogP contribution >= 0.6 is 0 Å². The van der Waals surface area contributed by atoms with Gasteiger partial charge in [-0.25, -0.2) is 0 Å². The molecule has 0 radical (unpaired) electrons. The summed E-state index contributed by atoms with van der Waals surface area (Å²) in [6, 6.07) is 2.52. The molecule has 0 N–H and O–H groups in total. The molecular weight excluding hydrogens is 318 g/mol. The molecule has 25 heavy (non-hydrogen) atoms. The van der Waals surface area contributed by atoms with Crippen LogP contribution in [0.4, 0.5) is 0 Å². The Hall–Kier alpha value is -2.28. The van der Waals surface area contributed by atoms with Gasteiger partial charge in [-0.15, -0.1) is 0 Å². The number of rotatable bonds is 3. The molecular formula is C18H23N5O2. The van der Waals surface area contributed by atoms with Gasteiger partial charge in [0, 0.05) is 43.5 Å². The zero-order valence-electron chi connectivity index (χ0n) is 14.7. The predicted molar refractivity (Wildman–Crippen MR) is 92.0 cm³/mol. The molecule has 0 bridgehead atoms. The molecule has 0 aliphatic carbocycles. The predicted octanol–water partition coefficient (Wildman–Crippen LogP) is 2.14. The maximum atomic E-state index is 13.3. The highest BCUT2D eigenvalue weighted by molar-refractivity contribution is 6.00. The van der Waals surface area contributed by atoms with Gasteiger partial charge in [-0.2, -0.15) is 4.98 Å². The van der Waals surface area contributed by atoms with E-state index in [1.807, 2.05) is 4.90 Å². The minimum Gasteiger partial charge on any atom is -0.339 e. The molecule has 2 aliphatic heterocycles. The maximum Gasteiger partial charge on any atom is 0.256 e. The van der Waals surface area contributed by atoms with Crippen LogP contribution in [0.1, 0.15) is 41.9 Å². The standard InChI is InChI=1S/C18H23N5O2/c1-12-20-17(21-25-12)13-7-8-19-11-14(13)18(24)23-10-4-6-16(23)15-5-3-9-22(15)2/h7-8,11,15-16H,3-6,9-10H2,1-2H3/t15-,16-/m1/s1. The van der Waals surface area contributed by atoms with Gasteiger partial charge in [-0.3, -0.25) is 9.78 Å². The summed E-state index contributed by atoms with van der Waals surface area (Å²) in [4.78, 5) is 26.2. The Morgan fingerprint density at radius 1 is 1.24 bits per heavy atom. The van der Waals surface area contributed by atoms with Gasteiger partial charge in [0.2, 0.25) is 11.7 Å². The van der Waals surface area contributed by atoms with Crippen molar-refractivity contribution >= 4 is 5.91 Å². The Labute approximate surface area is 147 Å². The largest absolute Gasteiger partial charge is 0.339 e. The Morgan fingerprint density at radius 3 is 2.76 bits per heavy atom. The van der Waals surface area contributed by atoms with E-state index >= 15 is 0 Å². The number of likely N-dealkylation sites (N-methyl/N-ethyl adjacent to an activating group) is 1. The van der Waals surface area contributed by atoms with Crippen molar-refractivity contribution in [2.75, 3.05) is 20.1 Å². The highest BCUT2D eigenvalue weighted by atomic mass is 16.5. The molecule has 132 valence electrons. The monoisotopic (exact) mass is 341 g/mol. The molecule has 1 amide bonds. The van der Waals surface area contributed by atoms with Gasteiger partial charge >= 0.3 is 0 Å². The molecule has 2 fully saturated rings. The highest BCUT2D eigenvalue weighted by Gasteiger charge is 2.39. The van der Waals surface area contributed by atoms with E-state index in [-0.39, 0.29) is 11.9 Å². The number of carbonyl (C=O) groups excluding carboxylic acids is 1. The normalized spacial score (nSPS) is 24.2. The molecule has 7 heteroatoms. The smallest absolute Gasteiger partial charge is 0.256 e. The SMILES string of the molecule is Cc1nc(-c2ccncc2C(=O)N2CCC[C@@H]2[C@H]2CCCN2C)no1. The van der Waals surface area contributed by atoms with Crippen LogP contribution in [-0.2, 0) is 0 Å². The Morgan fingerprint density at radius 2 is 2.04 bits per heavy atom. The van der Waals surface area contributed by atoms with Crippen molar-refractivity contribution in [3.8, 4) is 11.4 Å². The molecule has 2 aromatic rings. The average molecular weight is 341 g/mol. The molecule has 0 aromatic carbocycles. The molecule has 0 unspecified atom stereocenters. The second-order valence-electron chi connectivity index (χ2n) is 6.96. The number of hydrogen-bond acceptors (Lipinski definition) is 6. The van der Waals surface area contributed by atoms with E-state index in [4.69, 9.17) is 4.52 Å². The summed E-state index contributed by atoms with van der Waals surface area (Å²) >= 11 is 0. The summed E-state index contributed by atoms with van der Waals surface area (Å²) in [6.45, 7) is 3.66. The lowest BCUT2D eigenvalue weighted by atomic mass is 10.0. The van der Waals surface area contributed by atoms with Crippen molar-refractivity contribution in [1.82, 2.24) is 24.9 Å². The van der Waals surface area contributed by atoms with Crippen molar-refractivity contribution in [2.24, 2.45) is 0 Å². The third-order valence-electron chi connectivity index (χ3n) is 5.40. The first-order chi connectivity index (χ1) is 12.1. The number of nitrogens with zero attached hydrogens (tertiary/aromatic N) is 5. The lowest BCUT2D eigenvalue weighted by Crippen LogP contribution is -2.47. The third kappa shape index (κ3) is 2.93. The summed E-state index contributed by atoms with van der Waals surface area (Å²) < 4.78 is 5.08. The number of aromatic nitrogens is 3. The Kier molecular flexibility index (Phi) is 4.25. The van der Waals surface area contributed by atoms with Gasteiger partial charge < -0.3 is 14.3 Å². The zero-order valence-corrected chi connectivity index (χ0v) is 14.7. The fraction of sp³-hybridized carbons (Fsp3) is 0.556. The first-order valence-corrected chi connectivity index (χ1v) is 8.91. The van der Waals surface area contributed by atoms with Gasteiger partial charge in [0.15, 0.2) is 0 Å². The van der Waals surface area contributed by atoms with Crippen molar-refractivity contribution in [1.29, 1.82) is 0 Å². The zero-order chi connectivity index (χ0) is 17.4. The highest BCUT2D eigenvalue weighted by Crippen LogP contribution is 2.31. The van der Waals surface area contributed by atoms with Gasteiger partial charge in [-0.05, 0) is 45.3 Å². The molecule has 7 nitrogen and oxygen atoms in total. The van der Waals surface area contributed by atoms with E-state index in [9.17, 15) is 4.79 Å². The van der Waals surface area contributed by atoms with Crippen LogP contribution in [0.5, 0.6) is 0 Å². The van der Waals surface area contributed by atoms with Crippen LogP contribution in [0.3, 0.4) is 0 Å². The Bertz CT molecular complexity index is 774. The fourth-order valence-electron chi connectivity index (χ4n) is 4.19. The average Bonchev–Trinajstić information content (AvgIpc) is 3.34. The summed E-state index contributed by atoms with van der Waals surface area (Å²) in [7, 11) is 2.16. The van der Waals surface area contributed by atoms with Crippen LogP contribution in [0.25, 0.3) is 11.4 Å². The van der Waals surface area contributed by atoms with Crippen molar-refractivity contribution in [3.05, 3.63) is 29.9 Å². The van der Waals surface area contributed by atoms with Crippen molar-refractivity contribution in [3.63, 3.8) is 0 Å². The number of pyridine rings is 1. The van der Waals surface area contributed by atoms with Crippen LogP contribution in [0.2, 0.25) is 0 Å². The number of aryl methyl sites for hydroxylation is 1. The van der Waals surface area contributed by atoms with Gasteiger partial charge in [0.1, 0.15) is 0 Å². The Balaban J connectivity index is 1.65. The first-order valence-electron chi connectivity index (χ1n) is 8.91. The summed E-state index contributed by atoms with van der Waals surface area (Å²) in [6.07, 6.45) is 7.77. The maximum absolute atomic E-state index is 13.3. The van der Waals surface area contributed by atoms with Gasteiger partial charge in [0.25, 0.3) is 5.91 Å². The second kappa shape index (κ2) is 6.55.